The Morgan fingerprint density at radius 3 is 2.21 bits per heavy atom. The molecule has 12 heteroatoms. The average Bonchev–Trinajstić information content (AvgIpc) is 3.72. The van der Waals surface area contributed by atoms with Crippen LogP contribution in [0.5, 0.6) is 5.75 Å². The van der Waals surface area contributed by atoms with Crippen molar-refractivity contribution in [3.05, 3.63) is 155 Å². The van der Waals surface area contributed by atoms with E-state index in [0.29, 0.717) is 59.9 Å². The summed E-state index contributed by atoms with van der Waals surface area (Å²) in [6.07, 6.45) is 4.13. The predicted octanol–water partition coefficient (Wildman–Crippen LogP) is 7.24. The highest BCUT2D eigenvalue weighted by Crippen LogP contribution is 2.65. The molecule has 10 rings (SSSR count). The molecule has 4 aliphatic heterocycles. The molecule has 0 aromatic heterocycles. The summed E-state index contributed by atoms with van der Waals surface area (Å²) < 4.78 is 18.5. The maximum atomic E-state index is 15.8. The van der Waals surface area contributed by atoms with Crippen LogP contribution >= 0.6 is 0 Å². The van der Waals surface area contributed by atoms with Crippen LogP contribution in [0.2, 0.25) is 0 Å². The topological polar surface area (TPSA) is 150 Å². The van der Waals surface area contributed by atoms with Crippen LogP contribution in [-0.2, 0) is 29.3 Å². The van der Waals surface area contributed by atoms with E-state index in [2.05, 4.69) is 27.4 Å². The van der Waals surface area contributed by atoms with Gasteiger partial charge in [0.25, 0.3) is 0 Å². The monoisotopic (exact) mass is 886 g/mol. The Morgan fingerprint density at radius 2 is 1.50 bits per heavy atom. The Kier molecular flexibility index (Phi) is 12.1. The van der Waals surface area contributed by atoms with E-state index in [4.69, 9.17) is 14.2 Å². The van der Waals surface area contributed by atoms with Crippen LogP contribution in [0.3, 0.4) is 0 Å². The predicted molar refractivity (Wildman–Crippen MR) is 250 cm³/mol. The number of fused-ring (bicyclic) bond motifs is 3. The highest BCUT2D eigenvalue weighted by atomic mass is 16.6. The Balaban J connectivity index is 1.20. The third-order valence-corrected chi connectivity index (χ3v) is 14.0. The lowest BCUT2D eigenvalue weighted by atomic mass is 9.65. The molecule has 4 fully saturated rings. The van der Waals surface area contributed by atoms with Crippen LogP contribution in [-0.4, -0.2) is 84.1 Å². The summed E-state index contributed by atoms with van der Waals surface area (Å²) >= 11 is 0. The van der Waals surface area contributed by atoms with Gasteiger partial charge >= 0.3 is 5.97 Å². The zero-order chi connectivity index (χ0) is 45.3. The van der Waals surface area contributed by atoms with Gasteiger partial charge in [0.1, 0.15) is 35.5 Å². The largest absolute Gasteiger partial charge is 0.491 e. The van der Waals surface area contributed by atoms with Crippen molar-refractivity contribution in [2.24, 2.45) is 5.92 Å². The fourth-order valence-corrected chi connectivity index (χ4v) is 11.1. The molecule has 338 valence electrons. The van der Waals surface area contributed by atoms with Gasteiger partial charge in [-0.1, -0.05) is 104 Å². The minimum Gasteiger partial charge on any atom is -0.491 e. The number of ether oxygens (including phenoxy) is 3. The molecule has 5 aromatic rings. The third kappa shape index (κ3) is 7.90. The maximum Gasteiger partial charge on any atom is 0.324 e. The van der Waals surface area contributed by atoms with Gasteiger partial charge < -0.3 is 40.0 Å². The number of para-hydroxylation sites is 1. The lowest BCUT2D eigenvalue weighted by Crippen LogP contribution is -2.53. The molecule has 1 saturated carbocycles. The van der Waals surface area contributed by atoms with Gasteiger partial charge in [0.05, 0.1) is 37.8 Å². The van der Waals surface area contributed by atoms with Crippen LogP contribution in [0.25, 0.3) is 0 Å². The van der Waals surface area contributed by atoms with Gasteiger partial charge in [0.15, 0.2) is 0 Å². The van der Waals surface area contributed by atoms with E-state index in [1.807, 2.05) is 120 Å². The molecule has 4 heterocycles. The number of benzene rings is 5. The summed E-state index contributed by atoms with van der Waals surface area (Å²) in [6, 6.07) is 36.6. The number of cyclic esters (lactones) is 1. The molecule has 0 bridgehead atoms. The second kappa shape index (κ2) is 18.4. The van der Waals surface area contributed by atoms with Gasteiger partial charge in [-0.2, -0.15) is 0 Å². The number of morpholine rings is 2. The molecular formula is C54H54N4O8. The van der Waals surface area contributed by atoms with Crippen LogP contribution in [0.4, 0.5) is 17.1 Å². The fraction of sp³-hybridized carbons (Fsp3) is 0.352. The number of hydrogen-bond donors (Lipinski definition) is 4. The van der Waals surface area contributed by atoms with Gasteiger partial charge in [0, 0.05) is 41.3 Å². The summed E-state index contributed by atoms with van der Waals surface area (Å²) in [5.74, 6) is 3.81. The van der Waals surface area contributed by atoms with Crippen LogP contribution in [0.1, 0.15) is 84.5 Å². The molecule has 12 nitrogen and oxygen atoms in total. The van der Waals surface area contributed by atoms with E-state index >= 15 is 14.4 Å². The number of nitrogens with one attached hydrogen (secondary N) is 2. The van der Waals surface area contributed by atoms with Crippen molar-refractivity contribution in [1.82, 2.24) is 4.90 Å². The van der Waals surface area contributed by atoms with Gasteiger partial charge in [-0.05, 0) is 90.9 Å². The maximum absolute atomic E-state index is 15.8. The number of anilines is 3. The van der Waals surface area contributed by atoms with E-state index in [1.54, 1.807) is 12.1 Å². The highest BCUT2D eigenvalue weighted by Gasteiger charge is 2.74. The summed E-state index contributed by atoms with van der Waals surface area (Å²) in [5.41, 5.74) is 2.16. The molecular weight excluding hydrogens is 833 g/mol. The summed E-state index contributed by atoms with van der Waals surface area (Å²) in [4.78, 5) is 51.1. The third-order valence-electron chi connectivity index (χ3n) is 14.0. The highest BCUT2D eigenvalue weighted by molar-refractivity contribution is 6.13. The number of amides is 2. The van der Waals surface area contributed by atoms with Crippen LogP contribution < -0.4 is 20.3 Å². The standard InChI is InChI=1S/C54H54N4O8/c59-31-34-65-44-18-10-9-17-41(44)49-54(42-35-36(19-24-43(42)56-52(54)62)25-28-53(63)26-11-1-2-12-27-53)45(50(60)55-39-20-22-40(23-21-39)57-29-32-64-33-30-57)47-51(61)66-48(38-15-7-4-8-16-38)46(58(47)49)37-13-5-3-6-14-37/h3-10,13-24,35,45-49,59,63H,1-2,11-12,26-27,29-34H2,(H,55,60)(H,56,62)/t45-,46-,47-,48+,49+,54-/m0/s1. The van der Waals surface area contributed by atoms with Crippen molar-refractivity contribution in [3.63, 3.8) is 0 Å². The minimum absolute atomic E-state index is 0.0350. The van der Waals surface area contributed by atoms with E-state index in [1.165, 1.54) is 0 Å². The minimum atomic E-state index is -1.80. The molecule has 2 amide bonds. The number of carbonyl (C=O) groups is 3. The van der Waals surface area contributed by atoms with E-state index in [0.717, 1.165) is 55.6 Å². The number of nitrogens with zero attached hydrogens (tertiary/aromatic N) is 2. The second-order valence-electron chi connectivity index (χ2n) is 17.9. The van der Waals surface area contributed by atoms with Gasteiger partial charge in [-0.15, -0.1) is 0 Å². The zero-order valence-electron chi connectivity index (χ0n) is 36.7. The molecule has 0 radical (unpaired) electrons. The first-order valence-corrected chi connectivity index (χ1v) is 23.1. The van der Waals surface area contributed by atoms with Crippen molar-refractivity contribution in [1.29, 1.82) is 0 Å². The molecule has 3 saturated heterocycles. The lowest BCUT2D eigenvalue weighted by Gasteiger charge is -2.46. The van der Waals surface area contributed by atoms with Crippen LogP contribution in [0, 0.1) is 17.8 Å². The number of aliphatic hydroxyl groups is 2. The van der Waals surface area contributed by atoms with E-state index < -0.39 is 58.9 Å². The van der Waals surface area contributed by atoms with Gasteiger partial charge in [0.2, 0.25) is 11.8 Å². The number of rotatable bonds is 9. The lowest BCUT2D eigenvalue weighted by molar-refractivity contribution is -0.177. The second-order valence-corrected chi connectivity index (χ2v) is 17.9. The van der Waals surface area contributed by atoms with Crippen LogP contribution in [0.15, 0.2) is 127 Å². The Hall–Kier alpha value is -6.49. The van der Waals surface area contributed by atoms with Gasteiger partial charge in [-0.3, -0.25) is 19.3 Å². The number of esters is 1. The molecule has 0 unspecified atom stereocenters. The van der Waals surface area contributed by atoms with Gasteiger partial charge in [-0.25, -0.2) is 0 Å². The summed E-state index contributed by atoms with van der Waals surface area (Å²) in [5, 5.41) is 28.0. The molecule has 1 spiro atoms. The molecule has 5 aromatic carbocycles. The number of hydrogen-bond acceptors (Lipinski definition) is 10. The quantitative estimate of drug-likeness (QED) is 0.0678. The van der Waals surface area contributed by atoms with Crippen molar-refractivity contribution < 1.29 is 38.8 Å². The summed E-state index contributed by atoms with van der Waals surface area (Å²) in [7, 11) is 0. The molecule has 5 aliphatic rings. The SMILES string of the molecule is O=C1O[C@H](c2ccccc2)[C@H](c2ccccc2)N2[C@H]1[C@@H](C(=O)Nc1ccc(N3CCOCC3)cc1)[C@]1(C(=O)Nc3ccc(C#CC4(O)CCCCCC4)cc31)[C@H]2c1ccccc1OCCO. The number of carbonyl (C=O) groups excluding carboxylic acids is 3. The van der Waals surface area contributed by atoms with Crippen molar-refractivity contribution >= 4 is 34.8 Å². The first-order valence-electron chi connectivity index (χ1n) is 23.1. The first kappa shape index (κ1) is 43.4. The van der Waals surface area contributed by atoms with E-state index in [9.17, 15) is 10.2 Å². The van der Waals surface area contributed by atoms with Crippen molar-refractivity contribution in [3.8, 4) is 17.6 Å². The zero-order valence-corrected chi connectivity index (χ0v) is 36.7. The molecule has 4 N–H and O–H groups in total. The van der Waals surface area contributed by atoms with Crippen molar-refractivity contribution in [2.75, 3.05) is 55.1 Å². The van der Waals surface area contributed by atoms with E-state index in [-0.39, 0.29) is 13.2 Å². The number of aliphatic hydroxyl groups excluding tert-OH is 1. The normalized spacial score (nSPS) is 25.7. The average molecular weight is 887 g/mol. The Labute approximate surface area is 384 Å². The fourth-order valence-electron chi connectivity index (χ4n) is 11.1. The molecule has 1 aliphatic carbocycles. The molecule has 6 atom stereocenters. The summed E-state index contributed by atoms with van der Waals surface area (Å²) in [6.45, 7) is 2.43. The van der Waals surface area contributed by atoms with Crippen molar-refractivity contribution in [2.45, 2.75) is 73.8 Å². The first-order chi connectivity index (χ1) is 32.3. The smallest absolute Gasteiger partial charge is 0.324 e. The molecule has 66 heavy (non-hydrogen) atoms. The Morgan fingerprint density at radius 1 is 0.818 bits per heavy atom. The Bertz CT molecular complexity index is 2640.